The van der Waals surface area contributed by atoms with E-state index in [2.05, 4.69) is 20.6 Å². The van der Waals surface area contributed by atoms with E-state index in [1.54, 1.807) is 24.3 Å². The van der Waals surface area contributed by atoms with Crippen LogP contribution in [-0.4, -0.2) is 21.8 Å². The van der Waals surface area contributed by atoms with Crippen molar-refractivity contribution in [3.8, 4) is 11.1 Å². The van der Waals surface area contributed by atoms with Crippen LogP contribution in [-0.2, 0) is 6.18 Å². The van der Waals surface area contributed by atoms with Crippen LogP contribution in [0.15, 0.2) is 79.1 Å². The van der Waals surface area contributed by atoms with Gasteiger partial charge in [0.25, 0.3) is 11.8 Å². The van der Waals surface area contributed by atoms with Gasteiger partial charge in [-0.2, -0.15) is 13.2 Å². The van der Waals surface area contributed by atoms with Gasteiger partial charge in [-0.3, -0.25) is 19.6 Å². The zero-order chi connectivity index (χ0) is 29.8. The lowest BCUT2D eigenvalue weighted by molar-refractivity contribution is -0.137. The van der Waals surface area contributed by atoms with Gasteiger partial charge in [-0.25, -0.2) is 8.78 Å². The Morgan fingerprint density at radius 1 is 0.857 bits per heavy atom. The number of hydrogen-bond acceptors (Lipinski definition) is 4. The Balaban J connectivity index is 1.51. The molecule has 0 aliphatic carbocycles. The van der Waals surface area contributed by atoms with Crippen LogP contribution in [0, 0.1) is 11.6 Å². The fourth-order valence-corrected chi connectivity index (χ4v) is 5.12. The van der Waals surface area contributed by atoms with E-state index in [0.717, 1.165) is 12.1 Å². The zero-order valence-electron chi connectivity index (χ0n) is 21.1. The highest BCUT2D eigenvalue weighted by molar-refractivity contribution is 6.31. The molecule has 0 saturated heterocycles. The molecular weight excluding hydrogens is 579 g/mol. The SMILES string of the molecule is O=C(Nc1cc(-c2ccc3nccnc3c2)cc2c1C(c1cc(F)ccc1Cl)NC2=O)c1cc(F)cc(C(F)(F)F)c1. The lowest BCUT2D eigenvalue weighted by Crippen LogP contribution is -2.21. The topological polar surface area (TPSA) is 84.0 Å². The van der Waals surface area contributed by atoms with Crippen LogP contribution in [0.5, 0.6) is 0 Å². The highest BCUT2D eigenvalue weighted by Gasteiger charge is 2.36. The van der Waals surface area contributed by atoms with Crippen molar-refractivity contribution in [3.63, 3.8) is 0 Å². The predicted octanol–water partition coefficient (Wildman–Crippen LogP) is 7.33. The maximum absolute atomic E-state index is 14.2. The monoisotopic (exact) mass is 594 g/mol. The summed E-state index contributed by atoms with van der Waals surface area (Å²) in [4.78, 5) is 35.0. The molecule has 1 aliphatic rings. The van der Waals surface area contributed by atoms with Crippen molar-refractivity contribution in [1.29, 1.82) is 0 Å². The molecule has 2 amide bonds. The smallest absolute Gasteiger partial charge is 0.341 e. The molecule has 2 heterocycles. The number of carbonyl (C=O) groups excluding carboxylic acids is 2. The molecule has 5 aromatic rings. The van der Waals surface area contributed by atoms with Crippen LogP contribution >= 0.6 is 11.6 Å². The number of nitrogens with one attached hydrogen (secondary N) is 2. The van der Waals surface area contributed by atoms with E-state index in [-0.39, 0.29) is 33.5 Å². The van der Waals surface area contributed by atoms with E-state index >= 15 is 0 Å². The Morgan fingerprint density at radius 3 is 2.38 bits per heavy atom. The third-order valence-corrected chi connectivity index (χ3v) is 7.14. The van der Waals surface area contributed by atoms with E-state index in [1.807, 2.05) is 0 Å². The number of nitrogens with zero attached hydrogens (tertiary/aromatic N) is 2. The second-order valence-corrected chi connectivity index (χ2v) is 9.90. The molecule has 1 atom stereocenters. The molecule has 1 unspecified atom stereocenters. The number of aromatic nitrogens is 2. The summed E-state index contributed by atoms with van der Waals surface area (Å²) in [6, 6.07) is 12.3. The predicted molar refractivity (Wildman–Crippen MR) is 145 cm³/mol. The molecular formula is C30H16ClF5N4O2. The summed E-state index contributed by atoms with van der Waals surface area (Å²) in [5.41, 5.74) is 0.798. The van der Waals surface area contributed by atoms with Crippen molar-refractivity contribution in [1.82, 2.24) is 15.3 Å². The summed E-state index contributed by atoms with van der Waals surface area (Å²) in [5, 5.41) is 5.40. The molecule has 6 rings (SSSR count). The summed E-state index contributed by atoms with van der Waals surface area (Å²) in [7, 11) is 0. The first kappa shape index (κ1) is 27.3. The summed E-state index contributed by atoms with van der Waals surface area (Å²) in [6.07, 6.45) is -1.86. The number of carbonyl (C=O) groups is 2. The van der Waals surface area contributed by atoms with Gasteiger partial charge < -0.3 is 10.6 Å². The summed E-state index contributed by atoms with van der Waals surface area (Å²) < 4.78 is 68.3. The molecule has 0 saturated carbocycles. The summed E-state index contributed by atoms with van der Waals surface area (Å²) >= 11 is 6.34. The van der Waals surface area contributed by atoms with Crippen molar-refractivity contribution in [3.05, 3.63) is 124 Å². The van der Waals surface area contributed by atoms with Gasteiger partial charge in [0.1, 0.15) is 11.6 Å². The maximum atomic E-state index is 14.2. The van der Waals surface area contributed by atoms with Crippen molar-refractivity contribution >= 4 is 40.1 Å². The molecule has 1 aromatic heterocycles. The van der Waals surface area contributed by atoms with Crippen molar-refractivity contribution < 1.29 is 31.5 Å². The molecule has 2 N–H and O–H groups in total. The minimum absolute atomic E-state index is 0.0215. The molecule has 0 fully saturated rings. The standard InChI is InChI=1S/C30H16ClF5N4O2/c31-22-3-2-18(32)13-20(22)27-26-21(29(42)40-27)9-15(14-1-4-23-24(10-14)38-6-5-37-23)11-25(26)39-28(41)16-7-17(30(34,35)36)12-19(33)8-16/h1-13,27H,(H,39,41)(H,40,42). The number of rotatable bonds is 4. The van der Waals surface area contributed by atoms with E-state index in [1.165, 1.54) is 24.5 Å². The molecule has 210 valence electrons. The number of benzene rings is 4. The molecule has 0 bridgehead atoms. The Hall–Kier alpha value is -4.90. The van der Waals surface area contributed by atoms with Crippen LogP contribution in [0.25, 0.3) is 22.2 Å². The van der Waals surface area contributed by atoms with Gasteiger partial charge >= 0.3 is 6.18 Å². The first-order valence-corrected chi connectivity index (χ1v) is 12.7. The Bertz CT molecular complexity index is 1930. The van der Waals surface area contributed by atoms with Gasteiger partial charge in [-0.1, -0.05) is 17.7 Å². The lowest BCUT2D eigenvalue weighted by atomic mass is 9.92. The first-order valence-electron chi connectivity index (χ1n) is 12.3. The van der Waals surface area contributed by atoms with Crippen LogP contribution < -0.4 is 10.6 Å². The van der Waals surface area contributed by atoms with Gasteiger partial charge in [0.2, 0.25) is 0 Å². The zero-order valence-corrected chi connectivity index (χ0v) is 21.8. The quantitative estimate of drug-likeness (QED) is 0.213. The summed E-state index contributed by atoms with van der Waals surface area (Å²) in [6.45, 7) is 0. The van der Waals surface area contributed by atoms with Gasteiger partial charge in [-0.05, 0) is 71.8 Å². The molecule has 1 aliphatic heterocycles. The van der Waals surface area contributed by atoms with Gasteiger partial charge in [0.15, 0.2) is 0 Å². The fraction of sp³-hybridized carbons (Fsp3) is 0.0667. The largest absolute Gasteiger partial charge is 0.416 e. The average molecular weight is 595 g/mol. The van der Waals surface area contributed by atoms with Gasteiger partial charge in [0, 0.05) is 45.4 Å². The molecule has 4 aromatic carbocycles. The van der Waals surface area contributed by atoms with E-state index in [0.29, 0.717) is 34.3 Å². The molecule has 0 radical (unpaired) electrons. The van der Waals surface area contributed by atoms with Crippen molar-refractivity contribution in [2.75, 3.05) is 5.32 Å². The highest BCUT2D eigenvalue weighted by Crippen LogP contribution is 2.42. The molecule has 6 nitrogen and oxygen atoms in total. The minimum atomic E-state index is -4.90. The maximum Gasteiger partial charge on any atom is 0.416 e. The lowest BCUT2D eigenvalue weighted by Gasteiger charge is -2.19. The van der Waals surface area contributed by atoms with Gasteiger partial charge in [-0.15, -0.1) is 0 Å². The first-order chi connectivity index (χ1) is 20.0. The fourth-order valence-electron chi connectivity index (χ4n) is 4.89. The third kappa shape index (κ3) is 5.03. The highest BCUT2D eigenvalue weighted by atomic mass is 35.5. The van der Waals surface area contributed by atoms with Crippen molar-refractivity contribution in [2.24, 2.45) is 0 Å². The van der Waals surface area contributed by atoms with Gasteiger partial charge in [0.05, 0.1) is 22.6 Å². The van der Waals surface area contributed by atoms with Crippen LogP contribution in [0.3, 0.4) is 0 Å². The number of halogens is 6. The normalized spacial score (nSPS) is 14.5. The second-order valence-electron chi connectivity index (χ2n) is 9.50. The van der Waals surface area contributed by atoms with E-state index in [9.17, 15) is 31.5 Å². The number of hydrogen-bond donors (Lipinski definition) is 2. The Labute approximate surface area is 239 Å². The van der Waals surface area contributed by atoms with Crippen LogP contribution in [0.4, 0.5) is 27.6 Å². The van der Waals surface area contributed by atoms with Crippen LogP contribution in [0.2, 0.25) is 5.02 Å². The summed E-state index contributed by atoms with van der Waals surface area (Å²) in [5.74, 6) is -3.51. The number of amides is 2. The third-order valence-electron chi connectivity index (χ3n) is 6.80. The second kappa shape index (κ2) is 10.2. The molecule has 42 heavy (non-hydrogen) atoms. The number of alkyl halides is 3. The Morgan fingerprint density at radius 2 is 1.62 bits per heavy atom. The minimum Gasteiger partial charge on any atom is -0.341 e. The number of anilines is 1. The van der Waals surface area contributed by atoms with Crippen LogP contribution in [0.1, 0.15) is 43.4 Å². The van der Waals surface area contributed by atoms with E-state index < -0.39 is 46.8 Å². The molecule has 0 spiro atoms. The average Bonchev–Trinajstić information content (AvgIpc) is 3.29. The van der Waals surface area contributed by atoms with Crippen molar-refractivity contribution in [2.45, 2.75) is 12.2 Å². The molecule has 12 heteroatoms. The van der Waals surface area contributed by atoms with E-state index in [4.69, 9.17) is 11.6 Å². The Kier molecular flexibility index (Phi) is 6.61. The number of fused-ring (bicyclic) bond motifs is 2.